The Labute approximate surface area is 209 Å². The summed E-state index contributed by atoms with van der Waals surface area (Å²) in [4.78, 5) is 89.3. The average Bonchev–Trinajstić information content (AvgIpc) is 3.31. The molecule has 0 aromatic carbocycles. The summed E-state index contributed by atoms with van der Waals surface area (Å²) in [6, 6.07) is -5.91. The maximum absolute atomic E-state index is 12.9. The van der Waals surface area contributed by atoms with Crippen LogP contribution in [0.2, 0.25) is 0 Å². The number of primary amides is 2. The van der Waals surface area contributed by atoms with Crippen molar-refractivity contribution in [3.63, 3.8) is 0 Å². The van der Waals surface area contributed by atoms with Crippen molar-refractivity contribution in [2.75, 3.05) is 0 Å². The number of carbonyl (C=O) groups excluding carboxylic acids is 5. The summed E-state index contributed by atoms with van der Waals surface area (Å²) in [5.74, 6) is -7.41. The summed E-state index contributed by atoms with van der Waals surface area (Å²) in [6.45, 7) is 0. The van der Waals surface area contributed by atoms with E-state index in [2.05, 4.69) is 25.9 Å². The number of carbonyl (C=O) groups is 7. The highest BCUT2D eigenvalue weighted by Gasteiger charge is 2.32. The van der Waals surface area contributed by atoms with E-state index in [1.165, 1.54) is 12.5 Å². The lowest BCUT2D eigenvalue weighted by molar-refractivity contribution is -0.143. The lowest BCUT2D eigenvalue weighted by atomic mass is 10.1. The maximum Gasteiger partial charge on any atom is 0.326 e. The molecule has 0 spiro atoms. The van der Waals surface area contributed by atoms with Crippen LogP contribution < -0.4 is 33.2 Å². The van der Waals surface area contributed by atoms with Gasteiger partial charge in [0.2, 0.25) is 29.5 Å². The molecule has 1 aromatic rings. The largest absolute Gasteiger partial charge is 0.481 e. The summed E-state index contributed by atoms with van der Waals surface area (Å²) < 4.78 is 0. The Morgan fingerprint density at radius 1 is 0.838 bits per heavy atom. The number of aliphatic carboxylic acids is 2. The number of hydrogen-bond donors (Lipinski definition) is 9. The first-order chi connectivity index (χ1) is 17.3. The zero-order chi connectivity index (χ0) is 28.1. The van der Waals surface area contributed by atoms with Crippen LogP contribution in [0.5, 0.6) is 0 Å². The molecule has 0 aliphatic heterocycles. The number of hydrogen-bond acceptors (Lipinski definition) is 9. The van der Waals surface area contributed by atoms with Gasteiger partial charge < -0.3 is 48.3 Å². The number of aromatic nitrogens is 2. The Balaban J connectivity index is 3.05. The van der Waals surface area contributed by atoms with Crippen molar-refractivity contribution in [3.05, 3.63) is 18.2 Å². The van der Waals surface area contributed by atoms with Crippen LogP contribution in [-0.4, -0.2) is 85.8 Å². The van der Waals surface area contributed by atoms with Gasteiger partial charge in [0.25, 0.3) is 0 Å². The number of aromatic amines is 1. The standard InChI is InChI=1S/C20H30N8O9/c21-10(1-3-14(22)29)17(33)27-13(6-16(31)32)19(35)28-12(5-9-7-24-8-25-9)18(34)26-11(20(36)37)2-4-15(23)30/h7-8,10-13H,1-6,21H2,(H2,22,29)(H2,23,30)(H,24,25)(H,26,34)(H,27,33)(H,28,35)(H,31,32)(H,36,37). The molecule has 0 saturated heterocycles. The SMILES string of the molecule is NC(=O)CCC(N)C(=O)NC(CC(=O)O)C(=O)NC(Cc1cnc[nH]1)C(=O)NC(CCC(N)=O)C(=O)O. The van der Waals surface area contributed by atoms with Crippen LogP contribution >= 0.6 is 0 Å². The molecule has 0 radical (unpaired) electrons. The summed E-state index contributed by atoms with van der Waals surface area (Å²) >= 11 is 0. The quantitative estimate of drug-likeness (QED) is 0.0937. The Kier molecular flexibility index (Phi) is 12.2. The molecule has 1 aromatic heterocycles. The molecule has 0 bridgehead atoms. The van der Waals surface area contributed by atoms with Gasteiger partial charge in [0.05, 0.1) is 18.8 Å². The number of H-pyrrole nitrogens is 1. The van der Waals surface area contributed by atoms with Crippen LogP contribution in [0.3, 0.4) is 0 Å². The molecule has 0 aliphatic rings. The van der Waals surface area contributed by atoms with Crippen LogP contribution in [0.15, 0.2) is 12.5 Å². The fourth-order valence-corrected chi connectivity index (χ4v) is 3.01. The van der Waals surface area contributed by atoms with Gasteiger partial charge in [-0.25, -0.2) is 9.78 Å². The van der Waals surface area contributed by atoms with E-state index in [9.17, 15) is 43.8 Å². The van der Waals surface area contributed by atoms with Gasteiger partial charge in [0, 0.05) is 31.2 Å². The molecule has 5 amide bonds. The van der Waals surface area contributed by atoms with E-state index in [4.69, 9.17) is 17.2 Å². The summed E-state index contributed by atoms with van der Waals surface area (Å²) in [6.07, 6.45) is 0.495. The minimum Gasteiger partial charge on any atom is -0.481 e. The van der Waals surface area contributed by atoms with Gasteiger partial charge in [-0.15, -0.1) is 0 Å². The Hall–Kier alpha value is -4.54. The molecule has 1 heterocycles. The Morgan fingerprint density at radius 3 is 1.89 bits per heavy atom. The Morgan fingerprint density at radius 2 is 1.38 bits per heavy atom. The third kappa shape index (κ3) is 11.6. The number of amides is 5. The van der Waals surface area contributed by atoms with Gasteiger partial charge in [-0.3, -0.25) is 28.8 Å². The third-order valence-electron chi connectivity index (χ3n) is 4.96. The van der Waals surface area contributed by atoms with Crippen molar-refractivity contribution in [1.82, 2.24) is 25.9 Å². The second-order valence-corrected chi connectivity index (χ2v) is 8.02. The molecule has 12 N–H and O–H groups in total. The van der Waals surface area contributed by atoms with E-state index in [0.717, 1.165) is 0 Å². The Bertz CT molecular complexity index is 998. The number of nitrogens with zero attached hydrogens (tertiary/aromatic N) is 1. The lowest BCUT2D eigenvalue weighted by Crippen LogP contribution is -2.58. The molecular formula is C20H30N8O9. The maximum atomic E-state index is 12.9. The topological polar surface area (TPSA) is 303 Å². The van der Waals surface area contributed by atoms with Gasteiger partial charge in [0.15, 0.2) is 0 Å². The van der Waals surface area contributed by atoms with Crippen LogP contribution in [0.4, 0.5) is 0 Å². The van der Waals surface area contributed by atoms with Crippen LogP contribution in [-0.2, 0) is 40.0 Å². The average molecular weight is 527 g/mol. The molecule has 4 atom stereocenters. The molecule has 17 nitrogen and oxygen atoms in total. The van der Waals surface area contributed by atoms with E-state index < -0.39 is 72.1 Å². The van der Waals surface area contributed by atoms with Gasteiger partial charge in [-0.05, 0) is 12.8 Å². The lowest BCUT2D eigenvalue weighted by Gasteiger charge is -2.24. The highest BCUT2D eigenvalue weighted by molar-refractivity contribution is 5.95. The number of imidazole rings is 1. The highest BCUT2D eigenvalue weighted by Crippen LogP contribution is 2.05. The summed E-state index contributed by atoms with van der Waals surface area (Å²) in [5, 5.41) is 25.2. The van der Waals surface area contributed by atoms with Gasteiger partial charge in [-0.2, -0.15) is 0 Å². The molecule has 0 fully saturated rings. The van der Waals surface area contributed by atoms with Crippen LogP contribution in [0.1, 0.15) is 37.8 Å². The van der Waals surface area contributed by atoms with Crippen molar-refractivity contribution in [2.24, 2.45) is 17.2 Å². The predicted octanol–water partition coefficient (Wildman–Crippen LogP) is -4.18. The van der Waals surface area contributed by atoms with E-state index in [0.29, 0.717) is 5.69 Å². The van der Waals surface area contributed by atoms with E-state index in [1.807, 2.05) is 0 Å². The normalized spacial score (nSPS) is 13.9. The van der Waals surface area contributed by atoms with E-state index >= 15 is 0 Å². The van der Waals surface area contributed by atoms with E-state index in [1.54, 1.807) is 0 Å². The van der Waals surface area contributed by atoms with Crippen LogP contribution in [0.25, 0.3) is 0 Å². The first-order valence-electron chi connectivity index (χ1n) is 10.9. The number of carboxylic acids is 2. The third-order valence-corrected chi connectivity index (χ3v) is 4.96. The number of carboxylic acid groups (broad SMARTS) is 2. The molecule has 1 rings (SSSR count). The molecule has 4 unspecified atom stereocenters. The highest BCUT2D eigenvalue weighted by atomic mass is 16.4. The van der Waals surface area contributed by atoms with Crippen molar-refractivity contribution >= 4 is 41.5 Å². The molecular weight excluding hydrogens is 496 g/mol. The van der Waals surface area contributed by atoms with Crippen molar-refractivity contribution in [2.45, 2.75) is 62.7 Å². The summed E-state index contributed by atoms with van der Waals surface area (Å²) in [5.41, 5.74) is 16.1. The first kappa shape index (κ1) is 30.5. The van der Waals surface area contributed by atoms with E-state index in [-0.39, 0.29) is 32.1 Å². The molecule has 17 heteroatoms. The molecule has 37 heavy (non-hydrogen) atoms. The monoisotopic (exact) mass is 526 g/mol. The van der Waals surface area contributed by atoms with Crippen molar-refractivity contribution in [3.8, 4) is 0 Å². The zero-order valence-corrected chi connectivity index (χ0v) is 19.6. The second kappa shape index (κ2) is 14.8. The van der Waals surface area contributed by atoms with Gasteiger partial charge in [0.1, 0.15) is 18.1 Å². The fraction of sp³-hybridized carbons (Fsp3) is 0.500. The van der Waals surface area contributed by atoms with Gasteiger partial charge in [-0.1, -0.05) is 0 Å². The van der Waals surface area contributed by atoms with Crippen molar-refractivity contribution in [1.29, 1.82) is 0 Å². The minimum atomic E-state index is -1.67. The minimum absolute atomic E-state index is 0.157. The van der Waals surface area contributed by atoms with Crippen LogP contribution in [0, 0.1) is 0 Å². The second-order valence-electron chi connectivity index (χ2n) is 8.02. The predicted molar refractivity (Wildman–Crippen MR) is 123 cm³/mol. The first-order valence-corrected chi connectivity index (χ1v) is 10.9. The molecule has 0 aliphatic carbocycles. The number of nitrogens with one attached hydrogen (secondary N) is 4. The van der Waals surface area contributed by atoms with Crippen molar-refractivity contribution < 1.29 is 43.8 Å². The molecule has 0 saturated carbocycles. The summed E-state index contributed by atoms with van der Waals surface area (Å²) in [7, 11) is 0. The van der Waals surface area contributed by atoms with Gasteiger partial charge >= 0.3 is 11.9 Å². The zero-order valence-electron chi connectivity index (χ0n) is 19.6. The smallest absolute Gasteiger partial charge is 0.326 e. The fourth-order valence-electron chi connectivity index (χ4n) is 3.01. The molecule has 204 valence electrons. The number of nitrogens with two attached hydrogens (primary N) is 3. The number of rotatable bonds is 17.